The molecule has 0 saturated heterocycles. The van der Waals surface area contributed by atoms with Gasteiger partial charge in [0.2, 0.25) is 0 Å². The summed E-state index contributed by atoms with van der Waals surface area (Å²) in [6.45, 7) is 2.05. The Morgan fingerprint density at radius 2 is 1.70 bits per heavy atom. The lowest BCUT2D eigenvalue weighted by Crippen LogP contribution is -2.03. The van der Waals surface area contributed by atoms with E-state index < -0.39 is 11.7 Å². The van der Waals surface area contributed by atoms with E-state index in [9.17, 15) is 13.2 Å². The highest BCUT2D eigenvalue weighted by atomic mass is 32.2. The maximum atomic E-state index is 13.0. The number of alkyl halides is 3. The third-order valence-electron chi connectivity index (χ3n) is 4.55. The average Bonchev–Trinajstić information content (AvgIpc) is 3.08. The van der Waals surface area contributed by atoms with Gasteiger partial charge in [-0.15, -0.1) is 16.9 Å². The summed E-state index contributed by atoms with van der Waals surface area (Å²) in [6, 6.07) is 20.8. The summed E-state index contributed by atoms with van der Waals surface area (Å²) in [6.07, 6.45) is -4.42. The van der Waals surface area contributed by atoms with Crippen molar-refractivity contribution in [3.8, 4) is 0 Å². The van der Waals surface area contributed by atoms with Gasteiger partial charge in [0, 0.05) is 16.7 Å². The monoisotopic (exact) mass is 425 g/mol. The van der Waals surface area contributed by atoms with E-state index in [0.717, 1.165) is 33.8 Å². The molecule has 1 heterocycles. The maximum absolute atomic E-state index is 13.0. The minimum atomic E-state index is -4.42. The number of hydrogen-bond donors (Lipinski definition) is 1. The van der Waals surface area contributed by atoms with Gasteiger partial charge in [-0.2, -0.15) is 18.3 Å². The van der Waals surface area contributed by atoms with Gasteiger partial charge in [0.1, 0.15) is 10.7 Å². The van der Waals surface area contributed by atoms with Gasteiger partial charge in [-0.05, 0) is 36.8 Å². The third kappa shape index (κ3) is 4.57. The summed E-state index contributed by atoms with van der Waals surface area (Å²) >= 11 is 1.59. The number of rotatable bonds is 5. The zero-order valence-corrected chi connectivity index (χ0v) is 16.9. The second-order valence-electron chi connectivity index (χ2n) is 6.87. The molecule has 0 aliphatic carbocycles. The van der Waals surface area contributed by atoms with Crippen LogP contribution in [-0.2, 0) is 11.9 Å². The number of benzene rings is 3. The quantitative estimate of drug-likeness (QED) is 0.254. The van der Waals surface area contributed by atoms with Gasteiger partial charge in [-0.1, -0.05) is 54.1 Å². The van der Waals surface area contributed by atoms with Crippen molar-refractivity contribution in [1.29, 1.82) is 0 Å². The van der Waals surface area contributed by atoms with E-state index >= 15 is 0 Å². The van der Waals surface area contributed by atoms with Crippen LogP contribution >= 0.6 is 11.8 Å². The summed E-state index contributed by atoms with van der Waals surface area (Å²) in [7, 11) is 0. The Labute approximate surface area is 176 Å². The molecule has 1 aromatic heterocycles. The summed E-state index contributed by atoms with van der Waals surface area (Å²) in [4.78, 5) is 3.35. The molecule has 0 aliphatic rings. The molecule has 1 N–H and O–H groups in total. The van der Waals surface area contributed by atoms with Crippen LogP contribution in [-0.4, -0.2) is 4.98 Å². The lowest BCUT2D eigenvalue weighted by molar-refractivity contribution is -0.137. The van der Waals surface area contributed by atoms with E-state index in [1.807, 2.05) is 43.3 Å². The molecule has 0 amide bonds. The minimum absolute atomic E-state index is 0.157. The van der Waals surface area contributed by atoms with Gasteiger partial charge in [0.15, 0.2) is 0 Å². The van der Waals surface area contributed by atoms with Crippen LogP contribution in [0.4, 0.5) is 24.5 Å². The predicted molar refractivity (Wildman–Crippen MR) is 115 cm³/mol. The van der Waals surface area contributed by atoms with Crippen LogP contribution in [0.5, 0.6) is 0 Å². The van der Waals surface area contributed by atoms with Crippen LogP contribution in [0.1, 0.15) is 16.7 Å². The zero-order valence-electron chi connectivity index (χ0n) is 16.1. The smallest absolute Gasteiger partial charge is 0.348 e. The molecule has 4 aromatic rings. The fourth-order valence-corrected chi connectivity index (χ4v) is 4.08. The van der Waals surface area contributed by atoms with Gasteiger partial charge in [0.25, 0.3) is 0 Å². The second-order valence-corrected chi connectivity index (χ2v) is 7.86. The Bertz CT molecular complexity index is 1210. The molecule has 3 nitrogen and oxygen atoms in total. The van der Waals surface area contributed by atoms with Crippen molar-refractivity contribution in [2.24, 2.45) is 10.2 Å². The number of hydrogen-bond acceptors (Lipinski definition) is 3. The number of nitrogens with zero attached hydrogens (tertiary/aromatic N) is 2. The molecule has 0 unspecified atom stereocenters. The van der Waals surface area contributed by atoms with Crippen molar-refractivity contribution in [2.75, 3.05) is 0 Å². The fraction of sp³-hybridized carbons (Fsp3) is 0.130. The SMILES string of the molecule is Cc1cccc(CSc2[nH]c3ccccc3c2N=Nc2cccc(C(F)(F)F)c2)c1. The molecular formula is C23H18F3N3S. The lowest BCUT2D eigenvalue weighted by atomic mass is 10.2. The summed E-state index contributed by atoms with van der Waals surface area (Å²) in [5.74, 6) is 0.737. The summed E-state index contributed by atoms with van der Waals surface area (Å²) in [5.41, 5.74) is 3.31. The van der Waals surface area contributed by atoms with E-state index in [1.165, 1.54) is 23.3 Å². The van der Waals surface area contributed by atoms with Crippen LogP contribution in [0.25, 0.3) is 10.9 Å². The topological polar surface area (TPSA) is 40.5 Å². The Morgan fingerprint density at radius 3 is 2.50 bits per heavy atom. The molecule has 0 fully saturated rings. The Morgan fingerprint density at radius 1 is 0.900 bits per heavy atom. The number of thioether (sulfide) groups is 1. The third-order valence-corrected chi connectivity index (χ3v) is 5.61. The van der Waals surface area contributed by atoms with Crippen molar-refractivity contribution >= 4 is 34.0 Å². The first-order valence-electron chi connectivity index (χ1n) is 9.28. The van der Waals surface area contributed by atoms with Crippen LogP contribution in [0.15, 0.2) is 88.1 Å². The van der Waals surface area contributed by atoms with Crippen molar-refractivity contribution in [3.63, 3.8) is 0 Å². The Balaban J connectivity index is 1.66. The molecule has 0 bridgehead atoms. The highest BCUT2D eigenvalue weighted by molar-refractivity contribution is 7.98. The first-order chi connectivity index (χ1) is 14.4. The van der Waals surface area contributed by atoms with E-state index in [4.69, 9.17) is 0 Å². The van der Waals surface area contributed by atoms with Crippen molar-refractivity contribution in [3.05, 3.63) is 89.5 Å². The molecule has 4 rings (SSSR count). The molecule has 0 aliphatic heterocycles. The minimum Gasteiger partial charge on any atom is -0.348 e. The number of H-pyrrole nitrogens is 1. The van der Waals surface area contributed by atoms with Crippen LogP contribution < -0.4 is 0 Å². The van der Waals surface area contributed by atoms with Crippen molar-refractivity contribution in [2.45, 2.75) is 23.9 Å². The molecule has 0 spiro atoms. The lowest BCUT2D eigenvalue weighted by Gasteiger charge is -2.06. The second kappa shape index (κ2) is 8.36. The fourth-order valence-electron chi connectivity index (χ4n) is 3.12. The van der Waals surface area contributed by atoms with Gasteiger partial charge in [-0.25, -0.2) is 0 Å². The standard InChI is InChI=1S/C23H18F3N3S/c1-15-6-4-7-16(12-15)14-30-22-21(19-10-2-3-11-20(19)27-22)29-28-18-9-5-8-17(13-18)23(24,25)26/h2-13,27H,14H2,1H3. The van der Waals surface area contributed by atoms with E-state index in [2.05, 4.69) is 27.3 Å². The molecule has 0 saturated carbocycles. The van der Waals surface area contributed by atoms with Crippen molar-refractivity contribution in [1.82, 2.24) is 4.98 Å². The van der Waals surface area contributed by atoms with Crippen molar-refractivity contribution < 1.29 is 13.2 Å². The Hall–Kier alpha value is -3.06. The van der Waals surface area contributed by atoms with E-state index in [0.29, 0.717) is 5.69 Å². The average molecular weight is 425 g/mol. The predicted octanol–water partition coefficient (Wildman–Crippen LogP) is 8.20. The number of azo groups is 1. The molecule has 30 heavy (non-hydrogen) atoms. The first kappa shape index (κ1) is 20.2. The number of nitrogens with one attached hydrogen (secondary N) is 1. The maximum Gasteiger partial charge on any atom is 0.416 e. The first-order valence-corrected chi connectivity index (χ1v) is 10.3. The number of aromatic amines is 1. The van der Waals surface area contributed by atoms with E-state index in [-0.39, 0.29) is 5.69 Å². The number of fused-ring (bicyclic) bond motifs is 1. The summed E-state index contributed by atoms with van der Waals surface area (Å²) < 4.78 is 38.9. The zero-order chi connectivity index (χ0) is 21.1. The van der Waals surface area contributed by atoms with Crippen LogP contribution in [0, 0.1) is 6.92 Å². The molecule has 152 valence electrons. The van der Waals surface area contributed by atoms with Gasteiger partial charge >= 0.3 is 6.18 Å². The van der Waals surface area contributed by atoms with Crippen LogP contribution in [0.2, 0.25) is 0 Å². The normalized spacial score (nSPS) is 12.1. The number of aryl methyl sites for hydroxylation is 1. The summed E-state index contributed by atoms with van der Waals surface area (Å²) in [5, 5.41) is 10.1. The van der Waals surface area contributed by atoms with Gasteiger partial charge in [-0.3, -0.25) is 0 Å². The highest BCUT2D eigenvalue weighted by Gasteiger charge is 2.30. The number of para-hydroxylation sites is 1. The number of aromatic nitrogens is 1. The Kier molecular flexibility index (Phi) is 5.63. The molecule has 0 radical (unpaired) electrons. The molecular weight excluding hydrogens is 407 g/mol. The molecule has 0 atom stereocenters. The molecule has 3 aromatic carbocycles. The van der Waals surface area contributed by atoms with Crippen LogP contribution in [0.3, 0.4) is 0 Å². The highest BCUT2D eigenvalue weighted by Crippen LogP contribution is 2.39. The molecule has 7 heteroatoms. The van der Waals surface area contributed by atoms with E-state index in [1.54, 1.807) is 11.8 Å². The van der Waals surface area contributed by atoms with Gasteiger partial charge in [0.05, 0.1) is 11.3 Å². The largest absolute Gasteiger partial charge is 0.416 e. The van der Waals surface area contributed by atoms with Gasteiger partial charge < -0.3 is 4.98 Å². The number of halogens is 3.